The molecule has 4 rings (SSSR count). The lowest BCUT2D eigenvalue weighted by Crippen LogP contribution is -2.38. The molecule has 26 heavy (non-hydrogen) atoms. The van der Waals surface area contributed by atoms with Crippen molar-refractivity contribution in [1.82, 2.24) is 0 Å². The minimum Gasteiger partial charge on any atom is -0.459 e. The molecule has 2 unspecified atom stereocenters. The van der Waals surface area contributed by atoms with E-state index in [9.17, 15) is 14.4 Å². The second kappa shape index (κ2) is 5.39. The third kappa shape index (κ3) is 2.24. The molecule has 2 aliphatic heterocycles. The first-order valence-electron chi connectivity index (χ1n) is 8.86. The maximum absolute atomic E-state index is 12.6. The van der Waals surface area contributed by atoms with Gasteiger partial charge in [-0.3, -0.25) is 4.79 Å². The molecule has 0 saturated carbocycles. The summed E-state index contributed by atoms with van der Waals surface area (Å²) in [5, 5.41) is 0. The van der Waals surface area contributed by atoms with Gasteiger partial charge in [-0.05, 0) is 33.8 Å². The molecule has 0 amide bonds. The molecule has 0 N–H and O–H groups in total. The Bertz CT molecular complexity index is 818. The van der Waals surface area contributed by atoms with E-state index in [1.165, 1.54) is 0 Å². The number of ether oxygens (including phenoxy) is 3. The normalized spacial score (nSPS) is 41.3. The van der Waals surface area contributed by atoms with Gasteiger partial charge in [0.15, 0.2) is 11.4 Å². The first-order valence-corrected chi connectivity index (χ1v) is 8.86. The Morgan fingerprint density at radius 2 is 2.00 bits per heavy atom. The Balaban J connectivity index is 1.72. The maximum Gasteiger partial charge on any atom is 0.341 e. The molecule has 6 atom stereocenters. The zero-order chi connectivity index (χ0) is 19.0. The van der Waals surface area contributed by atoms with Gasteiger partial charge in [-0.25, -0.2) is 9.59 Å². The summed E-state index contributed by atoms with van der Waals surface area (Å²) in [6.07, 6.45) is 0.576. The first kappa shape index (κ1) is 17.2. The molecular formula is C20H22O6. The highest BCUT2D eigenvalue weighted by molar-refractivity contribution is 6.09. The minimum atomic E-state index is -0.949. The average Bonchev–Trinajstić information content (AvgIpc) is 2.95. The van der Waals surface area contributed by atoms with E-state index in [2.05, 4.69) is 6.58 Å². The predicted octanol–water partition coefficient (Wildman–Crippen LogP) is 2.04. The Labute approximate surface area is 151 Å². The summed E-state index contributed by atoms with van der Waals surface area (Å²) in [6, 6.07) is 0. The van der Waals surface area contributed by atoms with Gasteiger partial charge in [0.1, 0.15) is 12.2 Å². The summed E-state index contributed by atoms with van der Waals surface area (Å²) in [7, 11) is 0. The van der Waals surface area contributed by atoms with Gasteiger partial charge in [0.2, 0.25) is 0 Å². The van der Waals surface area contributed by atoms with Crippen LogP contribution in [0.25, 0.3) is 0 Å². The molecule has 2 saturated heterocycles. The van der Waals surface area contributed by atoms with Crippen molar-refractivity contribution in [3.63, 3.8) is 0 Å². The molecular weight excluding hydrogens is 336 g/mol. The fraction of sp³-hybridized carbons (Fsp3) is 0.550. The number of fused-ring (bicyclic) bond motifs is 3. The van der Waals surface area contributed by atoms with E-state index in [0.29, 0.717) is 17.6 Å². The molecule has 4 aliphatic rings. The summed E-state index contributed by atoms with van der Waals surface area (Å²) >= 11 is 0. The summed E-state index contributed by atoms with van der Waals surface area (Å²) in [6.45, 7) is 11.1. The van der Waals surface area contributed by atoms with Crippen LogP contribution in [0.1, 0.15) is 34.1 Å². The number of epoxide rings is 1. The third-order valence-corrected chi connectivity index (χ3v) is 6.19. The van der Waals surface area contributed by atoms with Gasteiger partial charge in [0, 0.05) is 23.5 Å². The van der Waals surface area contributed by atoms with E-state index in [4.69, 9.17) is 14.2 Å². The van der Waals surface area contributed by atoms with Gasteiger partial charge in [-0.2, -0.15) is 0 Å². The first-order chi connectivity index (χ1) is 12.1. The Hall–Kier alpha value is -2.21. The Morgan fingerprint density at radius 1 is 1.35 bits per heavy atom. The minimum absolute atomic E-state index is 0.0598. The zero-order valence-electron chi connectivity index (χ0n) is 15.3. The lowest BCUT2D eigenvalue weighted by atomic mass is 9.82. The van der Waals surface area contributed by atoms with Crippen molar-refractivity contribution >= 4 is 17.7 Å². The van der Waals surface area contributed by atoms with Gasteiger partial charge in [-0.1, -0.05) is 17.7 Å². The fourth-order valence-electron chi connectivity index (χ4n) is 4.43. The largest absolute Gasteiger partial charge is 0.459 e. The van der Waals surface area contributed by atoms with Crippen LogP contribution in [0.3, 0.4) is 0 Å². The van der Waals surface area contributed by atoms with Crippen molar-refractivity contribution in [3.8, 4) is 0 Å². The quantitative estimate of drug-likeness (QED) is 0.427. The molecule has 0 aromatic carbocycles. The Morgan fingerprint density at radius 3 is 2.62 bits per heavy atom. The van der Waals surface area contributed by atoms with Crippen LogP contribution in [0.4, 0.5) is 0 Å². The van der Waals surface area contributed by atoms with Gasteiger partial charge >= 0.3 is 11.9 Å². The van der Waals surface area contributed by atoms with Crippen LogP contribution in [0.15, 0.2) is 34.9 Å². The summed E-state index contributed by atoms with van der Waals surface area (Å²) in [5.41, 5.74) is 1.72. The van der Waals surface area contributed by atoms with E-state index in [1.807, 2.05) is 20.8 Å². The van der Waals surface area contributed by atoms with E-state index in [1.54, 1.807) is 13.0 Å². The summed E-state index contributed by atoms with van der Waals surface area (Å²) < 4.78 is 16.7. The highest BCUT2D eigenvalue weighted by atomic mass is 16.7. The number of carbonyl (C=O) groups is 3. The van der Waals surface area contributed by atoms with Crippen molar-refractivity contribution in [1.29, 1.82) is 0 Å². The number of hydrogen-bond acceptors (Lipinski definition) is 6. The van der Waals surface area contributed by atoms with Crippen molar-refractivity contribution in [2.24, 2.45) is 11.8 Å². The van der Waals surface area contributed by atoms with Crippen molar-refractivity contribution in [2.75, 3.05) is 0 Å². The van der Waals surface area contributed by atoms with Crippen LogP contribution in [0, 0.1) is 11.8 Å². The number of ketones is 1. The SMILES string of the molecule is C=C1C(=O)O[C@H]2[C@@H]3C(C)=CC(=O)C3=C(C)C[C@H](OC(=O)C3(C)OC3C)[C@H]12. The van der Waals surface area contributed by atoms with Crippen LogP contribution >= 0.6 is 0 Å². The van der Waals surface area contributed by atoms with E-state index in [0.717, 1.165) is 11.1 Å². The molecule has 2 aliphatic carbocycles. The highest BCUT2D eigenvalue weighted by Crippen LogP contribution is 2.49. The van der Waals surface area contributed by atoms with Crippen LogP contribution in [-0.2, 0) is 28.6 Å². The van der Waals surface area contributed by atoms with Gasteiger partial charge in [0.05, 0.1) is 12.0 Å². The summed E-state index contributed by atoms with van der Waals surface area (Å²) in [4.78, 5) is 37.2. The number of hydrogen-bond donors (Lipinski definition) is 0. The lowest BCUT2D eigenvalue weighted by molar-refractivity contribution is -0.158. The average molecular weight is 358 g/mol. The molecule has 2 heterocycles. The second-order valence-electron chi connectivity index (χ2n) is 7.86. The highest BCUT2D eigenvalue weighted by Gasteiger charge is 2.59. The molecule has 138 valence electrons. The number of allylic oxidation sites excluding steroid dienone is 1. The molecule has 0 aromatic heterocycles. The van der Waals surface area contributed by atoms with Crippen LogP contribution in [0.2, 0.25) is 0 Å². The number of rotatable bonds is 2. The zero-order valence-corrected chi connectivity index (χ0v) is 15.3. The van der Waals surface area contributed by atoms with Crippen molar-refractivity contribution < 1.29 is 28.6 Å². The van der Waals surface area contributed by atoms with Crippen LogP contribution < -0.4 is 0 Å². The second-order valence-corrected chi connectivity index (χ2v) is 7.86. The topological polar surface area (TPSA) is 82.2 Å². The molecule has 0 bridgehead atoms. The lowest BCUT2D eigenvalue weighted by Gasteiger charge is -2.28. The van der Waals surface area contributed by atoms with Crippen LogP contribution in [-0.4, -0.2) is 41.6 Å². The smallest absolute Gasteiger partial charge is 0.341 e. The molecule has 0 spiro atoms. The van der Waals surface area contributed by atoms with Gasteiger partial charge in [-0.15, -0.1) is 0 Å². The Kier molecular flexibility index (Phi) is 3.57. The number of esters is 2. The monoisotopic (exact) mass is 358 g/mol. The fourth-order valence-corrected chi connectivity index (χ4v) is 4.43. The van der Waals surface area contributed by atoms with E-state index in [-0.39, 0.29) is 17.8 Å². The predicted molar refractivity (Wildman–Crippen MR) is 90.9 cm³/mol. The standard InChI is InChI=1S/C20H22O6/c1-8-6-12(21)14-9(2)7-13(24-19(23)20(5)11(4)26-20)16-10(3)18(22)25-17(16)15(8)14/h6,11,13,15-17H,3,7H2,1-2,4-5H3/t11?,13-,15+,16-,17-,20?/m0/s1. The van der Waals surface area contributed by atoms with E-state index < -0.39 is 35.7 Å². The van der Waals surface area contributed by atoms with Crippen LogP contribution in [0.5, 0.6) is 0 Å². The van der Waals surface area contributed by atoms with Crippen molar-refractivity contribution in [3.05, 3.63) is 34.9 Å². The maximum atomic E-state index is 12.6. The molecule has 2 fully saturated rings. The van der Waals surface area contributed by atoms with Gasteiger partial charge in [0.25, 0.3) is 0 Å². The number of carbonyl (C=O) groups excluding carboxylic acids is 3. The third-order valence-electron chi connectivity index (χ3n) is 6.19. The molecule has 6 nitrogen and oxygen atoms in total. The van der Waals surface area contributed by atoms with Gasteiger partial charge < -0.3 is 14.2 Å². The van der Waals surface area contributed by atoms with Crippen molar-refractivity contribution in [2.45, 2.75) is 58.0 Å². The van der Waals surface area contributed by atoms with E-state index >= 15 is 0 Å². The molecule has 0 aromatic rings. The molecule has 0 radical (unpaired) electrons. The summed E-state index contributed by atoms with van der Waals surface area (Å²) in [5.74, 6) is -1.78. The molecule has 6 heteroatoms.